The zero-order valence-corrected chi connectivity index (χ0v) is 10.6. The quantitative estimate of drug-likeness (QED) is 0.902. The maximum Gasteiger partial charge on any atom is 0.227 e. The van der Waals surface area contributed by atoms with Gasteiger partial charge in [0.05, 0.1) is 0 Å². The number of aromatic nitrogens is 2. The van der Waals surface area contributed by atoms with Crippen LogP contribution in [0.2, 0.25) is 0 Å². The molecule has 1 aliphatic rings. The van der Waals surface area contributed by atoms with Crippen LogP contribution < -0.4 is 5.32 Å². The molecule has 98 valence electrons. The van der Waals surface area contributed by atoms with Gasteiger partial charge < -0.3 is 5.32 Å². The monoisotopic (exact) mass is 257 g/mol. The topological polar surface area (TPSA) is 37.8 Å². The summed E-state index contributed by atoms with van der Waals surface area (Å²) >= 11 is 0. The van der Waals surface area contributed by atoms with Crippen molar-refractivity contribution in [2.45, 2.75) is 31.6 Å². The third kappa shape index (κ3) is 2.89. The van der Waals surface area contributed by atoms with Gasteiger partial charge in [-0.05, 0) is 37.1 Å². The molecule has 0 aliphatic heterocycles. The molecule has 3 nitrogen and oxygen atoms in total. The number of benzene rings is 1. The van der Waals surface area contributed by atoms with Crippen LogP contribution in [-0.2, 0) is 0 Å². The van der Waals surface area contributed by atoms with Gasteiger partial charge in [0.25, 0.3) is 0 Å². The Balaban J connectivity index is 1.79. The van der Waals surface area contributed by atoms with E-state index in [1.807, 2.05) is 6.07 Å². The van der Waals surface area contributed by atoms with E-state index in [-0.39, 0.29) is 5.82 Å². The lowest BCUT2D eigenvalue weighted by atomic mass is 10.0. The van der Waals surface area contributed by atoms with E-state index in [0.29, 0.717) is 17.6 Å². The molecule has 0 radical (unpaired) electrons. The van der Waals surface area contributed by atoms with Crippen LogP contribution >= 0.6 is 0 Å². The lowest BCUT2D eigenvalue weighted by molar-refractivity contribution is 0.628. The van der Waals surface area contributed by atoms with Crippen molar-refractivity contribution in [1.82, 2.24) is 9.97 Å². The van der Waals surface area contributed by atoms with Crippen LogP contribution in [0.15, 0.2) is 36.5 Å². The third-order valence-corrected chi connectivity index (χ3v) is 3.53. The summed E-state index contributed by atoms with van der Waals surface area (Å²) < 4.78 is 13.1. The maximum absolute atomic E-state index is 13.1. The van der Waals surface area contributed by atoms with E-state index in [9.17, 15) is 4.39 Å². The Labute approximate surface area is 111 Å². The van der Waals surface area contributed by atoms with Crippen molar-refractivity contribution in [3.05, 3.63) is 48.0 Å². The molecule has 1 heterocycles. The molecule has 4 heteroatoms. The highest BCUT2D eigenvalue weighted by Crippen LogP contribution is 2.33. The van der Waals surface area contributed by atoms with Gasteiger partial charge in [0, 0.05) is 23.5 Å². The van der Waals surface area contributed by atoms with E-state index >= 15 is 0 Å². The van der Waals surface area contributed by atoms with E-state index in [0.717, 1.165) is 5.69 Å². The highest BCUT2D eigenvalue weighted by molar-refractivity contribution is 5.52. The summed E-state index contributed by atoms with van der Waals surface area (Å²) in [5, 5.41) is 3.05. The van der Waals surface area contributed by atoms with E-state index in [2.05, 4.69) is 15.3 Å². The summed E-state index contributed by atoms with van der Waals surface area (Å²) in [5.74, 6) is 0.822. The molecular weight excluding hydrogens is 241 g/mol. The van der Waals surface area contributed by atoms with Gasteiger partial charge in [-0.1, -0.05) is 18.9 Å². The first-order valence-corrected chi connectivity index (χ1v) is 6.67. The van der Waals surface area contributed by atoms with Gasteiger partial charge in [0.2, 0.25) is 5.95 Å². The fourth-order valence-electron chi connectivity index (χ4n) is 2.58. The van der Waals surface area contributed by atoms with Crippen LogP contribution in [0.4, 0.5) is 16.0 Å². The molecule has 1 fully saturated rings. The van der Waals surface area contributed by atoms with Crippen LogP contribution in [0.3, 0.4) is 0 Å². The average Bonchev–Trinajstić information content (AvgIpc) is 2.93. The number of hydrogen-bond donors (Lipinski definition) is 1. The molecular formula is C15H16FN3. The minimum absolute atomic E-state index is 0.267. The molecule has 2 aromatic rings. The summed E-state index contributed by atoms with van der Waals surface area (Å²) in [7, 11) is 0. The molecule has 1 aromatic carbocycles. The molecule has 1 saturated carbocycles. The molecule has 0 spiro atoms. The molecule has 3 rings (SSSR count). The van der Waals surface area contributed by atoms with Crippen molar-refractivity contribution >= 4 is 11.6 Å². The third-order valence-electron chi connectivity index (χ3n) is 3.53. The zero-order valence-electron chi connectivity index (χ0n) is 10.6. The second kappa shape index (κ2) is 5.34. The smallest absolute Gasteiger partial charge is 0.227 e. The van der Waals surface area contributed by atoms with Gasteiger partial charge in [0.1, 0.15) is 5.82 Å². The van der Waals surface area contributed by atoms with Crippen LogP contribution in [0.5, 0.6) is 0 Å². The summed E-state index contributed by atoms with van der Waals surface area (Å²) in [6.07, 6.45) is 6.73. The van der Waals surface area contributed by atoms with Crippen LogP contribution in [0.1, 0.15) is 37.3 Å². The van der Waals surface area contributed by atoms with E-state index < -0.39 is 0 Å². The second-order valence-corrected chi connectivity index (χ2v) is 4.92. The zero-order chi connectivity index (χ0) is 13.1. The lowest BCUT2D eigenvalue weighted by Gasteiger charge is -2.10. The van der Waals surface area contributed by atoms with E-state index in [1.165, 1.54) is 37.8 Å². The number of nitrogens with one attached hydrogen (secondary N) is 1. The van der Waals surface area contributed by atoms with Crippen molar-refractivity contribution in [2.24, 2.45) is 0 Å². The first-order valence-electron chi connectivity index (χ1n) is 6.67. The molecule has 0 unspecified atom stereocenters. The van der Waals surface area contributed by atoms with Crippen LogP contribution in [0, 0.1) is 5.82 Å². The Hall–Kier alpha value is -1.97. The van der Waals surface area contributed by atoms with Crippen LogP contribution in [-0.4, -0.2) is 9.97 Å². The van der Waals surface area contributed by atoms with Crippen molar-refractivity contribution in [3.8, 4) is 0 Å². The van der Waals surface area contributed by atoms with E-state index in [1.54, 1.807) is 18.3 Å². The Bertz CT molecular complexity index is 565. The van der Waals surface area contributed by atoms with Crippen molar-refractivity contribution in [2.75, 3.05) is 5.32 Å². The Morgan fingerprint density at radius 1 is 1.16 bits per heavy atom. The first-order chi connectivity index (χ1) is 9.31. The number of rotatable bonds is 3. The SMILES string of the molecule is Fc1cccc(Nc2nccc(C3CCCC3)n2)c1. The largest absolute Gasteiger partial charge is 0.324 e. The number of nitrogens with zero attached hydrogens (tertiary/aromatic N) is 2. The summed E-state index contributed by atoms with van der Waals surface area (Å²) in [6, 6.07) is 8.30. The minimum atomic E-state index is -0.267. The minimum Gasteiger partial charge on any atom is -0.324 e. The molecule has 0 amide bonds. The highest BCUT2D eigenvalue weighted by Gasteiger charge is 2.18. The molecule has 0 atom stereocenters. The molecule has 0 saturated heterocycles. The maximum atomic E-state index is 13.1. The Morgan fingerprint density at radius 3 is 2.79 bits per heavy atom. The van der Waals surface area contributed by atoms with Gasteiger partial charge in [-0.3, -0.25) is 0 Å². The highest BCUT2D eigenvalue weighted by atomic mass is 19.1. The summed E-state index contributed by atoms with van der Waals surface area (Å²) in [5.41, 5.74) is 1.76. The molecule has 19 heavy (non-hydrogen) atoms. The second-order valence-electron chi connectivity index (χ2n) is 4.92. The van der Waals surface area contributed by atoms with Crippen LogP contribution in [0.25, 0.3) is 0 Å². The normalized spacial score (nSPS) is 15.6. The first kappa shape index (κ1) is 12.1. The molecule has 1 N–H and O–H groups in total. The van der Waals surface area contributed by atoms with Crippen molar-refractivity contribution < 1.29 is 4.39 Å². The lowest BCUT2D eigenvalue weighted by Crippen LogP contribution is -2.02. The Kier molecular flexibility index (Phi) is 3.40. The molecule has 1 aliphatic carbocycles. The predicted octanol–water partition coefficient (Wildman–Crippen LogP) is 4.02. The Morgan fingerprint density at radius 2 is 2.00 bits per heavy atom. The number of halogens is 1. The number of anilines is 2. The average molecular weight is 257 g/mol. The van der Waals surface area contributed by atoms with Gasteiger partial charge >= 0.3 is 0 Å². The van der Waals surface area contributed by atoms with Crippen molar-refractivity contribution in [3.63, 3.8) is 0 Å². The van der Waals surface area contributed by atoms with E-state index in [4.69, 9.17) is 0 Å². The number of hydrogen-bond acceptors (Lipinski definition) is 3. The fraction of sp³-hybridized carbons (Fsp3) is 0.333. The van der Waals surface area contributed by atoms with Crippen molar-refractivity contribution in [1.29, 1.82) is 0 Å². The summed E-state index contributed by atoms with van der Waals surface area (Å²) in [6.45, 7) is 0. The standard InChI is InChI=1S/C15H16FN3/c16-12-6-3-7-13(10-12)18-15-17-9-8-14(19-15)11-4-1-2-5-11/h3,6-11H,1-2,4-5H2,(H,17,18,19). The van der Waals surface area contributed by atoms with Gasteiger partial charge in [-0.25, -0.2) is 14.4 Å². The van der Waals surface area contributed by atoms with Gasteiger partial charge in [-0.2, -0.15) is 0 Å². The summed E-state index contributed by atoms with van der Waals surface area (Å²) in [4.78, 5) is 8.73. The van der Waals surface area contributed by atoms with Gasteiger partial charge in [-0.15, -0.1) is 0 Å². The molecule has 0 bridgehead atoms. The predicted molar refractivity (Wildman–Crippen MR) is 72.9 cm³/mol. The fourth-order valence-corrected chi connectivity index (χ4v) is 2.58. The molecule has 1 aromatic heterocycles. The van der Waals surface area contributed by atoms with Gasteiger partial charge in [0.15, 0.2) is 0 Å².